The van der Waals surface area contributed by atoms with Gasteiger partial charge in [-0.1, -0.05) is 30.3 Å². The van der Waals surface area contributed by atoms with Gasteiger partial charge in [0.1, 0.15) is 0 Å². The first-order valence-corrected chi connectivity index (χ1v) is 8.99. The molecule has 4 nitrogen and oxygen atoms in total. The summed E-state index contributed by atoms with van der Waals surface area (Å²) >= 11 is 1.57. The third kappa shape index (κ3) is 4.88. The van der Waals surface area contributed by atoms with Gasteiger partial charge in [0.25, 0.3) is 0 Å². The van der Waals surface area contributed by atoms with E-state index < -0.39 is 0 Å². The van der Waals surface area contributed by atoms with E-state index in [9.17, 15) is 4.79 Å². The lowest BCUT2D eigenvalue weighted by atomic mass is 9.90. The average Bonchev–Trinajstić information content (AvgIpc) is 2.96. The number of hydrogen-bond acceptors (Lipinski definition) is 4. The quantitative estimate of drug-likeness (QED) is 0.912. The van der Waals surface area contributed by atoms with Crippen molar-refractivity contribution < 1.29 is 4.79 Å². The van der Waals surface area contributed by atoms with Gasteiger partial charge in [-0.2, -0.15) is 0 Å². The highest BCUT2D eigenvalue weighted by Gasteiger charge is 2.20. The first-order valence-electron chi connectivity index (χ1n) is 8.17. The minimum Gasteiger partial charge on any atom is -0.302 e. The molecule has 0 radical (unpaired) electrons. The van der Waals surface area contributed by atoms with Crippen molar-refractivity contribution >= 4 is 22.4 Å². The van der Waals surface area contributed by atoms with Crippen LogP contribution in [0, 0.1) is 5.92 Å². The van der Waals surface area contributed by atoms with Gasteiger partial charge in [-0.15, -0.1) is 11.3 Å². The zero-order chi connectivity index (χ0) is 16.1. The lowest BCUT2D eigenvalue weighted by molar-refractivity contribution is -0.114. The highest BCUT2D eigenvalue weighted by atomic mass is 32.1. The van der Waals surface area contributed by atoms with Gasteiger partial charge in [-0.25, -0.2) is 4.98 Å². The van der Waals surface area contributed by atoms with Gasteiger partial charge < -0.3 is 5.32 Å². The molecular formula is C18H23N3OS. The maximum Gasteiger partial charge on any atom is 0.223 e. The zero-order valence-corrected chi connectivity index (χ0v) is 14.3. The highest BCUT2D eigenvalue weighted by Crippen LogP contribution is 2.25. The number of piperidine rings is 1. The van der Waals surface area contributed by atoms with E-state index in [2.05, 4.69) is 45.5 Å². The third-order valence-corrected chi connectivity index (χ3v) is 5.19. The van der Waals surface area contributed by atoms with Crippen molar-refractivity contribution in [2.24, 2.45) is 5.92 Å². The second kappa shape index (κ2) is 7.70. The van der Waals surface area contributed by atoms with Crippen LogP contribution in [0.25, 0.3) is 0 Å². The molecule has 2 aromatic rings. The summed E-state index contributed by atoms with van der Waals surface area (Å²) in [4.78, 5) is 19.0. The summed E-state index contributed by atoms with van der Waals surface area (Å²) < 4.78 is 0. The second-order valence-corrected chi connectivity index (χ2v) is 7.34. The Morgan fingerprint density at radius 2 is 2.04 bits per heavy atom. The van der Waals surface area contributed by atoms with E-state index in [-0.39, 0.29) is 5.91 Å². The molecule has 0 atom stereocenters. The van der Waals surface area contributed by atoms with Crippen molar-refractivity contribution in [3.8, 4) is 0 Å². The first kappa shape index (κ1) is 16.1. The van der Waals surface area contributed by atoms with Crippen molar-refractivity contribution in [1.29, 1.82) is 0 Å². The molecule has 23 heavy (non-hydrogen) atoms. The van der Waals surface area contributed by atoms with Crippen LogP contribution in [0.1, 0.15) is 30.2 Å². The Labute approximate surface area is 141 Å². The molecule has 1 aliphatic heterocycles. The molecule has 1 aromatic heterocycles. The number of likely N-dealkylation sites (tertiary alicyclic amines) is 1. The maximum absolute atomic E-state index is 11.0. The van der Waals surface area contributed by atoms with Gasteiger partial charge in [-0.05, 0) is 43.8 Å². The Bertz CT molecular complexity index is 633. The average molecular weight is 329 g/mol. The Kier molecular flexibility index (Phi) is 5.41. The van der Waals surface area contributed by atoms with Crippen LogP contribution in [-0.2, 0) is 17.8 Å². The van der Waals surface area contributed by atoms with Crippen LogP contribution in [0.15, 0.2) is 36.5 Å². The van der Waals surface area contributed by atoms with Gasteiger partial charge in [0.2, 0.25) is 5.91 Å². The molecule has 3 rings (SSSR count). The molecule has 0 spiro atoms. The van der Waals surface area contributed by atoms with Crippen LogP contribution in [0.5, 0.6) is 0 Å². The van der Waals surface area contributed by atoms with Gasteiger partial charge in [0, 0.05) is 24.5 Å². The zero-order valence-electron chi connectivity index (χ0n) is 13.5. The molecule has 0 unspecified atom stereocenters. The van der Waals surface area contributed by atoms with Gasteiger partial charge in [0.05, 0.1) is 0 Å². The van der Waals surface area contributed by atoms with E-state index >= 15 is 0 Å². The smallest absolute Gasteiger partial charge is 0.223 e. The summed E-state index contributed by atoms with van der Waals surface area (Å²) in [6.07, 6.45) is 5.59. The lowest BCUT2D eigenvalue weighted by Gasteiger charge is -2.31. The standard InChI is InChI=1S/C18H23N3OS/c1-14(22)20-18-19-12-17(23-18)13-21-9-7-16(8-10-21)11-15-5-3-2-4-6-15/h2-6,12,16H,7-11,13H2,1H3,(H,19,20,22). The van der Waals surface area contributed by atoms with Crippen LogP contribution in [0.2, 0.25) is 0 Å². The number of amides is 1. The number of nitrogens with zero attached hydrogens (tertiary/aromatic N) is 2. The van der Waals surface area contributed by atoms with Crippen molar-refractivity contribution in [3.05, 3.63) is 47.0 Å². The van der Waals surface area contributed by atoms with Crippen LogP contribution in [0.4, 0.5) is 5.13 Å². The van der Waals surface area contributed by atoms with Gasteiger partial charge >= 0.3 is 0 Å². The fourth-order valence-corrected chi connectivity index (χ4v) is 4.01. The Hall–Kier alpha value is -1.72. The Balaban J connectivity index is 1.45. The number of anilines is 1. The molecule has 122 valence electrons. The highest BCUT2D eigenvalue weighted by molar-refractivity contribution is 7.15. The predicted molar refractivity (Wildman–Crippen MR) is 94.6 cm³/mol. The fraction of sp³-hybridized carbons (Fsp3) is 0.444. The molecule has 0 saturated carbocycles. The summed E-state index contributed by atoms with van der Waals surface area (Å²) in [6.45, 7) is 4.74. The molecule has 1 saturated heterocycles. The van der Waals surface area contributed by atoms with Crippen LogP contribution in [0.3, 0.4) is 0 Å². The summed E-state index contributed by atoms with van der Waals surface area (Å²) in [5.41, 5.74) is 1.45. The molecule has 0 aliphatic carbocycles. The number of rotatable bonds is 5. The normalized spacial score (nSPS) is 16.4. The van der Waals surface area contributed by atoms with E-state index in [4.69, 9.17) is 0 Å². The molecule has 0 bridgehead atoms. The summed E-state index contributed by atoms with van der Waals surface area (Å²) in [6, 6.07) is 10.8. The topological polar surface area (TPSA) is 45.2 Å². The van der Waals surface area contributed by atoms with Gasteiger partial charge in [0.15, 0.2) is 5.13 Å². The van der Waals surface area contributed by atoms with Crippen LogP contribution >= 0.6 is 11.3 Å². The fourth-order valence-electron chi connectivity index (χ4n) is 3.11. The second-order valence-electron chi connectivity index (χ2n) is 6.22. The molecule has 1 fully saturated rings. The van der Waals surface area contributed by atoms with E-state index in [1.54, 1.807) is 11.3 Å². The number of hydrogen-bond donors (Lipinski definition) is 1. The van der Waals surface area contributed by atoms with E-state index in [1.165, 1.54) is 36.6 Å². The summed E-state index contributed by atoms with van der Waals surface area (Å²) in [5, 5.41) is 3.45. The monoisotopic (exact) mass is 329 g/mol. The molecule has 1 amide bonds. The first-order chi connectivity index (χ1) is 11.2. The molecule has 1 aliphatic rings. The van der Waals surface area contributed by atoms with Crippen LogP contribution < -0.4 is 5.32 Å². The Morgan fingerprint density at radius 3 is 2.74 bits per heavy atom. The SMILES string of the molecule is CC(=O)Nc1ncc(CN2CCC(Cc3ccccc3)CC2)s1. The molecule has 1 N–H and O–H groups in total. The number of benzene rings is 1. The van der Waals surface area contributed by atoms with Crippen molar-refractivity contribution in [1.82, 2.24) is 9.88 Å². The number of carbonyl (C=O) groups excluding carboxylic acids is 1. The van der Waals surface area contributed by atoms with E-state index in [1.807, 2.05) is 6.20 Å². The number of aromatic nitrogens is 1. The molecule has 2 heterocycles. The largest absolute Gasteiger partial charge is 0.302 e. The van der Waals surface area contributed by atoms with E-state index in [0.717, 1.165) is 25.6 Å². The molecule has 1 aromatic carbocycles. The third-order valence-electron chi connectivity index (χ3n) is 4.29. The Morgan fingerprint density at radius 1 is 1.30 bits per heavy atom. The number of thiazole rings is 1. The van der Waals surface area contributed by atoms with E-state index in [0.29, 0.717) is 5.13 Å². The lowest BCUT2D eigenvalue weighted by Crippen LogP contribution is -2.33. The predicted octanol–water partition coefficient (Wildman–Crippen LogP) is 3.56. The van der Waals surface area contributed by atoms with Crippen molar-refractivity contribution in [2.45, 2.75) is 32.7 Å². The summed E-state index contributed by atoms with van der Waals surface area (Å²) in [5.74, 6) is 0.734. The summed E-state index contributed by atoms with van der Waals surface area (Å²) in [7, 11) is 0. The molecular weight excluding hydrogens is 306 g/mol. The van der Waals surface area contributed by atoms with Crippen molar-refractivity contribution in [3.63, 3.8) is 0 Å². The number of carbonyl (C=O) groups is 1. The molecule has 5 heteroatoms. The van der Waals surface area contributed by atoms with Crippen LogP contribution in [-0.4, -0.2) is 28.9 Å². The van der Waals surface area contributed by atoms with Crippen molar-refractivity contribution in [2.75, 3.05) is 18.4 Å². The maximum atomic E-state index is 11.0. The number of nitrogens with one attached hydrogen (secondary N) is 1. The minimum absolute atomic E-state index is 0.0624. The minimum atomic E-state index is -0.0624. The van der Waals surface area contributed by atoms with Gasteiger partial charge in [-0.3, -0.25) is 9.69 Å².